The van der Waals surface area contributed by atoms with Crippen LogP contribution in [-0.4, -0.2) is 70.8 Å². The Labute approximate surface area is 310 Å². The summed E-state index contributed by atoms with van der Waals surface area (Å²) >= 11 is 0. The van der Waals surface area contributed by atoms with Crippen LogP contribution in [0.2, 0.25) is 0 Å². The number of nitrogens with zero attached hydrogens (tertiary/aromatic N) is 4. The highest BCUT2D eigenvalue weighted by Crippen LogP contribution is 2.41. The summed E-state index contributed by atoms with van der Waals surface area (Å²) in [6.07, 6.45) is 4.73. The van der Waals surface area contributed by atoms with Gasteiger partial charge >= 0.3 is 6.18 Å². The highest BCUT2D eigenvalue weighted by Gasteiger charge is 2.37. The van der Waals surface area contributed by atoms with Crippen LogP contribution in [0.4, 0.5) is 28.9 Å². The number of hydrogen-bond donors (Lipinski definition) is 3. The Kier molecular flexibility index (Phi) is 10.7. The summed E-state index contributed by atoms with van der Waals surface area (Å²) in [6, 6.07) is 6.64. The van der Waals surface area contributed by atoms with E-state index in [0.29, 0.717) is 64.8 Å². The van der Waals surface area contributed by atoms with Gasteiger partial charge in [-0.2, -0.15) is 18.3 Å². The summed E-state index contributed by atoms with van der Waals surface area (Å²) < 4.78 is 65.5. The average Bonchev–Trinajstić information content (AvgIpc) is 3.65. The van der Waals surface area contributed by atoms with E-state index in [9.17, 15) is 27.6 Å². The molecule has 1 atom stereocenters. The predicted octanol–water partition coefficient (Wildman–Crippen LogP) is 6.22. The lowest BCUT2D eigenvalue weighted by atomic mass is 9.85. The number of aromatic amines is 1. The molecule has 11 nitrogen and oxygen atoms in total. The number of pyridine rings is 1. The molecule has 3 N–H and O–H groups in total. The molecule has 1 unspecified atom stereocenters. The molecule has 3 fully saturated rings. The molecule has 0 bridgehead atoms. The van der Waals surface area contributed by atoms with E-state index in [2.05, 4.69) is 25.7 Å². The van der Waals surface area contributed by atoms with Crippen LogP contribution >= 0.6 is 0 Å². The number of fused-ring (bicyclic) bond motifs is 1. The number of imide groups is 1. The summed E-state index contributed by atoms with van der Waals surface area (Å²) in [5.74, 6) is 0.138. The molecular weight excluding hydrogens is 706 g/mol. The second-order valence-corrected chi connectivity index (χ2v) is 14.9. The van der Waals surface area contributed by atoms with Crippen molar-refractivity contribution in [1.29, 1.82) is 0 Å². The largest absolute Gasteiger partial charge is 0.496 e. The first-order valence-electron chi connectivity index (χ1n) is 18.6. The standard InChI is InChI=1S/C39H45F4N7O4/c1-48-21-28(27-20-44-47-36(27)38(48)53)25-17-31(40)29(34(18-25)54-2)22-49-13-9-23(10-14-49)3-4-24-11-15-50(16-12-24)33-7-5-26(19-30(33)39(41,42)43)45-32-6-8-35(51)46-37(32)52/h5,7,17-21,23-24,32,45H,3-4,6,8-16,22H2,1-2H3,(H,44,47)(H,46,51,52). The number of aryl methyl sites for hydroxylation is 1. The zero-order chi connectivity index (χ0) is 38.1. The topological polar surface area (TPSA) is 125 Å². The van der Waals surface area contributed by atoms with Gasteiger partial charge in [-0.25, -0.2) is 4.39 Å². The molecule has 4 aromatic rings. The van der Waals surface area contributed by atoms with Gasteiger partial charge in [0.05, 0.1) is 18.9 Å². The number of halogens is 4. The lowest BCUT2D eigenvalue weighted by molar-refractivity contribution is -0.137. The number of carbonyl (C=O) groups excluding carboxylic acids is 2. The van der Waals surface area contributed by atoms with Crippen molar-refractivity contribution >= 4 is 34.1 Å². The van der Waals surface area contributed by atoms with Crippen molar-refractivity contribution in [2.24, 2.45) is 18.9 Å². The Morgan fingerprint density at radius 2 is 1.67 bits per heavy atom. The smallest absolute Gasteiger partial charge is 0.418 e. The number of methoxy groups -OCH3 is 1. The zero-order valence-corrected chi connectivity index (χ0v) is 30.4. The van der Waals surface area contributed by atoms with Crippen LogP contribution in [0.5, 0.6) is 5.75 Å². The van der Waals surface area contributed by atoms with Gasteiger partial charge in [-0.15, -0.1) is 0 Å². The van der Waals surface area contributed by atoms with E-state index in [1.54, 1.807) is 25.5 Å². The maximum absolute atomic E-state index is 15.7. The third kappa shape index (κ3) is 7.96. The van der Waals surface area contributed by atoms with Gasteiger partial charge in [0.15, 0.2) is 0 Å². The first-order chi connectivity index (χ1) is 25.9. The first kappa shape index (κ1) is 37.4. The van der Waals surface area contributed by atoms with E-state index in [1.165, 1.54) is 23.8 Å². The monoisotopic (exact) mass is 751 g/mol. The molecule has 0 radical (unpaired) electrons. The van der Waals surface area contributed by atoms with E-state index in [-0.39, 0.29) is 41.5 Å². The Balaban J connectivity index is 0.903. The Morgan fingerprint density at radius 3 is 2.33 bits per heavy atom. The van der Waals surface area contributed by atoms with E-state index >= 15 is 4.39 Å². The summed E-state index contributed by atoms with van der Waals surface area (Å²) in [5.41, 5.74) is 1.51. The Morgan fingerprint density at radius 1 is 0.963 bits per heavy atom. The van der Waals surface area contributed by atoms with Crippen molar-refractivity contribution in [2.75, 3.05) is 43.5 Å². The quantitative estimate of drug-likeness (QED) is 0.129. The van der Waals surface area contributed by atoms with Crippen molar-refractivity contribution in [3.8, 4) is 16.9 Å². The predicted molar refractivity (Wildman–Crippen MR) is 197 cm³/mol. The minimum absolute atomic E-state index is 0.132. The molecule has 0 aliphatic carbocycles. The van der Waals surface area contributed by atoms with Gasteiger partial charge in [-0.3, -0.25) is 29.7 Å². The third-order valence-corrected chi connectivity index (χ3v) is 11.4. The van der Waals surface area contributed by atoms with Gasteiger partial charge in [0.1, 0.15) is 23.1 Å². The van der Waals surface area contributed by atoms with Crippen LogP contribution in [0, 0.1) is 17.7 Å². The number of amides is 2. The molecular formula is C39H45F4N7O4. The number of hydrogen-bond acceptors (Lipinski definition) is 8. The van der Waals surface area contributed by atoms with Gasteiger partial charge in [0.25, 0.3) is 5.56 Å². The molecule has 54 heavy (non-hydrogen) atoms. The second-order valence-electron chi connectivity index (χ2n) is 14.9. The SMILES string of the molecule is COc1cc(-c2cn(C)c(=O)c3[nH]ncc23)cc(F)c1CN1CCC(CCC2CCN(c3ccc(NC4CCC(=O)NC4=O)cc3C(F)(F)F)CC2)CC1. The first-order valence-corrected chi connectivity index (χ1v) is 18.6. The lowest BCUT2D eigenvalue weighted by Gasteiger charge is -2.36. The molecule has 2 aromatic heterocycles. The number of carbonyl (C=O) groups is 2. The highest BCUT2D eigenvalue weighted by atomic mass is 19.4. The number of nitrogens with one attached hydrogen (secondary N) is 3. The molecule has 15 heteroatoms. The molecule has 5 heterocycles. The van der Waals surface area contributed by atoms with Crippen molar-refractivity contribution in [3.63, 3.8) is 0 Å². The molecule has 3 saturated heterocycles. The summed E-state index contributed by atoms with van der Waals surface area (Å²) in [5, 5.41) is 12.5. The normalized spacial score (nSPS) is 19.4. The molecule has 2 aromatic carbocycles. The number of anilines is 2. The fourth-order valence-electron chi connectivity index (χ4n) is 8.24. The summed E-state index contributed by atoms with van der Waals surface area (Å²) in [6.45, 7) is 3.15. The van der Waals surface area contributed by atoms with Crippen LogP contribution < -0.4 is 25.8 Å². The van der Waals surface area contributed by atoms with E-state index < -0.39 is 23.7 Å². The maximum atomic E-state index is 15.7. The Hall–Kier alpha value is -4.92. The number of piperidine rings is 3. The average molecular weight is 752 g/mol. The highest BCUT2D eigenvalue weighted by molar-refractivity contribution is 6.01. The van der Waals surface area contributed by atoms with Gasteiger partial charge < -0.3 is 19.5 Å². The van der Waals surface area contributed by atoms with Crippen molar-refractivity contribution in [1.82, 2.24) is 25.0 Å². The second kappa shape index (κ2) is 15.4. The van der Waals surface area contributed by atoms with Gasteiger partial charge in [-0.1, -0.05) is 12.8 Å². The van der Waals surface area contributed by atoms with Gasteiger partial charge in [0, 0.05) is 67.2 Å². The number of benzene rings is 2. The van der Waals surface area contributed by atoms with Crippen molar-refractivity contribution in [3.05, 3.63) is 70.0 Å². The fraction of sp³-hybridized carbons (Fsp3) is 0.487. The van der Waals surface area contributed by atoms with Crippen LogP contribution in [0.3, 0.4) is 0 Å². The molecule has 7 rings (SSSR count). The fourth-order valence-corrected chi connectivity index (χ4v) is 8.24. The molecule has 3 aliphatic heterocycles. The zero-order valence-electron chi connectivity index (χ0n) is 30.4. The van der Waals surface area contributed by atoms with Crippen LogP contribution in [0.1, 0.15) is 62.5 Å². The number of aromatic nitrogens is 3. The molecule has 2 amide bonds. The summed E-state index contributed by atoms with van der Waals surface area (Å²) in [7, 11) is 3.17. The minimum atomic E-state index is -4.57. The third-order valence-electron chi connectivity index (χ3n) is 11.4. The number of rotatable bonds is 10. The number of alkyl halides is 3. The van der Waals surface area contributed by atoms with E-state index in [4.69, 9.17) is 4.74 Å². The van der Waals surface area contributed by atoms with Gasteiger partial charge in [-0.05, 0) is 92.9 Å². The molecule has 0 spiro atoms. The Bertz CT molecular complexity index is 2080. The van der Waals surface area contributed by atoms with E-state index in [1.807, 2.05) is 11.0 Å². The van der Waals surface area contributed by atoms with Crippen molar-refractivity contribution < 1.29 is 31.9 Å². The molecule has 0 saturated carbocycles. The lowest BCUT2D eigenvalue weighted by Crippen LogP contribution is -2.47. The maximum Gasteiger partial charge on any atom is 0.418 e. The van der Waals surface area contributed by atoms with Crippen LogP contribution in [0.25, 0.3) is 22.0 Å². The number of ether oxygens (including phenoxy) is 1. The minimum Gasteiger partial charge on any atom is -0.496 e. The van der Waals surface area contributed by atoms with Crippen LogP contribution in [0.15, 0.2) is 47.5 Å². The number of likely N-dealkylation sites (tertiary alicyclic amines) is 1. The van der Waals surface area contributed by atoms with E-state index in [0.717, 1.165) is 57.7 Å². The summed E-state index contributed by atoms with van der Waals surface area (Å²) in [4.78, 5) is 40.1. The van der Waals surface area contributed by atoms with Crippen molar-refractivity contribution in [2.45, 2.75) is 70.1 Å². The molecule has 288 valence electrons. The van der Waals surface area contributed by atoms with Crippen LogP contribution in [-0.2, 0) is 29.4 Å². The molecule has 3 aliphatic rings. The van der Waals surface area contributed by atoms with Gasteiger partial charge in [0.2, 0.25) is 11.8 Å². The number of H-pyrrole nitrogens is 1.